The fraction of sp³-hybridized carbons (Fsp3) is 1.00. The standard InChI is InChI=1S/C8H20O4Si/c1-7(2,3)9-11-13-12-10-8(4,5)6/h13H2,1-6H3. The molecule has 0 amide bonds. The summed E-state index contributed by atoms with van der Waals surface area (Å²) in [4.78, 5) is 10.0. The summed E-state index contributed by atoms with van der Waals surface area (Å²) in [5.41, 5.74) is -0.587. The predicted octanol–water partition coefficient (Wildman–Crippen LogP) is 1.48. The van der Waals surface area contributed by atoms with E-state index in [0.717, 1.165) is 0 Å². The Morgan fingerprint density at radius 2 is 1.00 bits per heavy atom. The second kappa shape index (κ2) is 5.07. The van der Waals surface area contributed by atoms with Gasteiger partial charge in [-0.2, -0.15) is 0 Å². The van der Waals surface area contributed by atoms with Crippen molar-refractivity contribution in [3.05, 3.63) is 0 Å². The van der Waals surface area contributed by atoms with Gasteiger partial charge in [0.1, 0.15) is 0 Å². The topological polar surface area (TPSA) is 36.9 Å². The summed E-state index contributed by atoms with van der Waals surface area (Å²) < 4.78 is 9.77. The van der Waals surface area contributed by atoms with Crippen molar-refractivity contribution in [2.45, 2.75) is 52.7 Å². The number of rotatable bonds is 4. The molecular formula is C8H20O4Si. The first kappa shape index (κ1) is 13.1. The molecular weight excluding hydrogens is 188 g/mol. The molecule has 0 unspecified atom stereocenters. The third-order valence-electron chi connectivity index (χ3n) is 0.714. The van der Waals surface area contributed by atoms with E-state index >= 15 is 0 Å². The Bertz CT molecular complexity index is 120. The van der Waals surface area contributed by atoms with Gasteiger partial charge in [-0.05, 0) is 41.5 Å². The van der Waals surface area contributed by atoms with Crippen molar-refractivity contribution >= 4 is 10.0 Å². The van der Waals surface area contributed by atoms with E-state index in [9.17, 15) is 0 Å². The number of hydrogen-bond donors (Lipinski definition) is 0. The van der Waals surface area contributed by atoms with Crippen LogP contribution < -0.4 is 0 Å². The van der Waals surface area contributed by atoms with Crippen LogP contribution in [-0.4, -0.2) is 21.2 Å². The fourth-order valence-electron chi connectivity index (χ4n) is 0.421. The van der Waals surface area contributed by atoms with Crippen LogP contribution in [0.25, 0.3) is 0 Å². The summed E-state index contributed by atoms with van der Waals surface area (Å²) in [5, 5.41) is 0. The Kier molecular flexibility index (Phi) is 5.09. The van der Waals surface area contributed by atoms with Crippen molar-refractivity contribution in [1.29, 1.82) is 0 Å². The van der Waals surface area contributed by atoms with E-state index in [4.69, 9.17) is 18.9 Å². The third kappa shape index (κ3) is 12.1. The van der Waals surface area contributed by atoms with Crippen molar-refractivity contribution in [2.24, 2.45) is 0 Å². The van der Waals surface area contributed by atoms with Crippen LogP contribution in [0.3, 0.4) is 0 Å². The first-order chi connectivity index (χ1) is 5.71. The lowest BCUT2D eigenvalue weighted by molar-refractivity contribution is -0.331. The molecule has 0 atom stereocenters. The monoisotopic (exact) mass is 208 g/mol. The van der Waals surface area contributed by atoms with E-state index < -0.39 is 10.0 Å². The van der Waals surface area contributed by atoms with Gasteiger partial charge in [0.15, 0.2) is 0 Å². The van der Waals surface area contributed by atoms with Crippen molar-refractivity contribution in [1.82, 2.24) is 0 Å². The molecule has 4 nitrogen and oxygen atoms in total. The molecule has 0 N–H and O–H groups in total. The molecule has 0 aromatic carbocycles. The lowest BCUT2D eigenvalue weighted by atomic mass is 10.2. The highest BCUT2D eigenvalue weighted by Crippen LogP contribution is 2.08. The van der Waals surface area contributed by atoms with Crippen LogP contribution in [0.4, 0.5) is 0 Å². The van der Waals surface area contributed by atoms with Crippen molar-refractivity contribution < 1.29 is 18.9 Å². The average Bonchev–Trinajstić information content (AvgIpc) is 1.81. The maximum Gasteiger partial charge on any atom is 0.382 e. The lowest BCUT2D eigenvalue weighted by Crippen LogP contribution is -2.24. The smallest absolute Gasteiger partial charge is 0.256 e. The first-order valence-corrected chi connectivity index (χ1v) is 5.47. The van der Waals surface area contributed by atoms with Crippen LogP contribution in [0, 0.1) is 0 Å². The minimum atomic E-state index is -1.19. The Morgan fingerprint density at radius 1 is 0.692 bits per heavy atom. The molecule has 0 aliphatic carbocycles. The Hall–Kier alpha value is 0.0569. The van der Waals surface area contributed by atoms with Crippen molar-refractivity contribution in [3.63, 3.8) is 0 Å². The lowest BCUT2D eigenvalue weighted by Gasteiger charge is -2.20. The molecule has 0 radical (unpaired) electrons. The normalized spacial score (nSPS) is 13.4. The maximum atomic E-state index is 5.00. The van der Waals surface area contributed by atoms with Gasteiger partial charge in [0, 0.05) is 0 Å². The molecule has 0 rings (SSSR count). The van der Waals surface area contributed by atoms with Crippen molar-refractivity contribution in [2.75, 3.05) is 0 Å². The van der Waals surface area contributed by atoms with Gasteiger partial charge >= 0.3 is 10.0 Å². The predicted molar refractivity (Wildman–Crippen MR) is 52.4 cm³/mol. The molecule has 0 saturated carbocycles. The highest BCUT2D eigenvalue weighted by atomic mass is 28.3. The average molecular weight is 208 g/mol. The molecule has 13 heavy (non-hydrogen) atoms. The van der Waals surface area contributed by atoms with Gasteiger partial charge in [0.05, 0.1) is 11.2 Å². The summed E-state index contributed by atoms with van der Waals surface area (Å²) >= 11 is 0. The van der Waals surface area contributed by atoms with Crippen molar-refractivity contribution in [3.8, 4) is 0 Å². The fourth-order valence-corrected chi connectivity index (χ4v) is 1.26. The van der Waals surface area contributed by atoms with Crippen LogP contribution in [0.1, 0.15) is 41.5 Å². The van der Waals surface area contributed by atoms with Gasteiger partial charge in [-0.25, -0.2) is 9.78 Å². The second-order valence-electron chi connectivity index (χ2n) is 4.74. The molecule has 0 fully saturated rings. The number of hydrogen-bond acceptors (Lipinski definition) is 4. The zero-order valence-corrected chi connectivity index (χ0v) is 10.8. The van der Waals surface area contributed by atoms with E-state index in [1.807, 2.05) is 41.5 Å². The largest absolute Gasteiger partial charge is 0.382 e. The quantitative estimate of drug-likeness (QED) is 0.303. The summed E-state index contributed by atoms with van der Waals surface area (Å²) in [6, 6.07) is 0. The third-order valence-corrected chi connectivity index (χ3v) is 1.14. The van der Waals surface area contributed by atoms with Gasteiger partial charge in [-0.3, -0.25) is 9.15 Å². The molecule has 0 bridgehead atoms. The molecule has 0 aromatic heterocycles. The van der Waals surface area contributed by atoms with E-state index in [1.54, 1.807) is 0 Å². The van der Waals surface area contributed by atoms with Gasteiger partial charge in [0.2, 0.25) is 0 Å². The Labute approximate surface area is 82.4 Å². The van der Waals surface area contributed by atoms with Crippen LogP contribution >= 0.6 is 0 Å². The van der Waals surface area contributed by atoms with Gasteiger partial charge in [-0.1, -0.05) is 0 Å². The van der Waals surface area contributed by atoms with Crippen LogP contribution in [-0.2, 0) is 18.9 Å². The molecule has 0 aromatic rings. The van der Waals surface area contributed by atoms with E-state index in [-0.39, 0.29) is 11.2 Å². The summed E-state index contributed by atoms with van der Waals surface area (Å²) in [5.74, 6) is 0. The van der Waals surface area contributed by atoms with Gasteiger partial charge in [0.25, 0.3) is 0 Å². The zero-order valence-electron chi connectivity index (χ0n) is 9.34. The Morgan fingerprint density at radius 3 is 1.23 bits per heavy atom. The molecule has 0 saturated heterocycles. The zero-order chi connectivity index (χ0) is 10.5. The van der Waals surface area contributed by atoms with Crippen LogP contribution in [0.5, 0.6) is 0 Å². The summed E-state index contributed by atoms with van der Waals surface area (Å²) in [6.07, 6.45) is 0. The molecule has 0 heterocycles. The second-order valence-corrected chi connectivity index (χ2v) is 5.45. The molecule has 0 aliphatic rings. The van der Waals surface area contributed by atoms with E-state index in [1.165, 1.54) is 0 Å². The maximum absolute atomic E-state index is 5.00. The summed E-state index contributed by atoms with van der Waals surface area (Å²) in [7, 11) is -1.19. The van der Waals surface area contributed by atoms with Gasteiger partial charge in [-0.15, -0.1) is 0 Å². The van der Waals surface area contributed by atoms with Gasteiger partial charge < -0.3 is 0 Å². The Balaban J connectivity index is 3.28. The highest BCUT2D eigenvalue weighted by molar-refractivity contribution is 6.17. The molecule has 5 heteroatoms. The van der Waals surface area contributed by atoms with Crippen LogP contribution in [0.2, 0.25) is 0 Å². The highest BCUT2D eigenvalue weighted by Gasteiger charge is 2.13. The SMILES string of the molecule is CC(C)(C)OO[SiH2]OOC(C)(C)C. The minimum Gasteiger partial charge on any atom is -0.256 e. The summed E-state index contributed by atoms with van der Waals surface area (Å²) in [6.45, 7) is 11.5. The minimum absolute atomic E-state index is 0.294. The molecule has 0 spiro atoms. The molecule has 0 aliphatic heterocycles. The van der Waals surface area contributed by atoms with Crippen LogP contribution in [0.15, 0.2) is 0 Å². The first-order valence-electron chi connectivity index (χ1n) is 4.32. The van der Waals surface area contributed by atoms with E-state index in [2.05, 4.69) is 0 Å². The molecule has 80 valence electrons. The van der Waals surface area contributed by atoms with E-state index in [0.29, 0.717) is 0 Å².